The summed E-state index contributed by atoms with van der Waals surface area (Å²) in [6, 6.07) is 7.56. The molecule has 1 aromatic rings. The monoisotopic (exact) mass is 291 g/mol. The molecule has 0 heterocycles. The summed E-state index contributed by atoms with van der Waals surface area (Å²) in [6.45, 7) is 10.8. The lowest BCUT2D eigenvalue weighted by molar-refractivity contribution is -0.120. The van der Waals surface area contributed by atoms with Crippen molar-refractivity contribution in [1.82, 2.24) is 4.90 Å². The highest BCUT2D eigenvalue weighted by Crippen LogP contribution is 2.12. The molecular formula is C17H29N3O. The summed E-state index contributed by atoms with van der Waals surface area (Å²) in [5.74, 6) is 0.643. The number of carbonyl (C=O) groups is 1. The minimum Gasteiger partial charge on any atom is -0.326 e. The molecule has 1 amide bonds. The first-order chi connectivity index (χ1) is 10.0. The van der Waals surface area contributed by atoms with Gasteiger partial charge >= 0.3 is 0 Å². The maximum absolute atomic E-state index is 12.4. The molecule has 0 spiro atoms. The van der Waals surface area contributed by atoms with E-state index in [-0.39, 0.29) is 11.9 Å². The van der Waals surface area contributed by atoms with E-state index in [1.54, 1.807) is 0 Å². The van der Waals surface area contributed by atoms with Gasteiger partial charge in [0.2, 0.25) is 5.91 Å². The van der Waals surface area contributed by atoms with E-state index < -0.39 is 0 Å². The van der Waals surface area contributed by atoms with E-state index in [1.807, 2.05) is 31.2 Å². The Morgan fingerprint density at radius 1 is 1.24 bits per heavy atom. The second-order valence-electron chi connectivity index (χ2n) is 5.67. The predicted molar refractivity (Wildman–Crippen MR) is 89.1 cm³/mol. The number of carbonyl (C=O) groups excluding carboxylic acids is 1. The molecule has 0 aromatic heterocycles. The number of nitrogens with one attached hydrogen (secondary N) is 1. The standard InChI is InChI=1S/C17H29N3O/c1-5-13(3)12-20(6-2)14(4)17(21)19-16-9-7-15(11-18)8-10-16/h7-10,13-14H,5-6,11-12,18H2,1-4H3,(H,19,21). The second-order valence-corrected chi connectivity index (χ2v) is 5.67. The fraction of sp³-hybridized carbons (Fsp3) is 0.588. The quantitative estimate of drug-likeness (QED) is 0.774. The molecule has 0 bridgehead atoms. The molecule has 0 aliphatic rings. The van der Waals surface area contributed by atoms with Gasteiger partial charge < -0.3 is 11.1 Å². The summed E-state index contributed by atoms with van der Waals surface area (Å²) >= 11 is 0. The highest BCUT2D eigenvalue weighted by Gasteiger charge is 2.21. The van der Waals surface area contributed by atoms with Crippen LogP contribution in [0.4, 0.5) is 5.69 Å². The SMILES string of the molecule is CCC(C)CN(CC)C(C)C(=O)Nc1ccc(CN)cc1. The normalized spacial score (nSPS) is 14.0. The summed E-state index contributed by atoms with van der Waals surface area (Å²) in [7, 11) is 0. The third-order valence-corrected chi connectivity index (χ3v) is 4.03. The fourth-order valence-electron chi connectivity index (χ4n) is 2.23. The van der Waals surface area contributed by atoms with Crippen molar-refractivity contribution in [3.05, 3.63) is 29.8 Å². The molecule has 0 aliphatic heterocycles. The van der Waals surface area contributed by atoms with E-state index in [4.69, 9.17) is 5.73 Å². The average molecular weight is 291 g/mol. The van der Waals surface area contributed by atoms with Crippen molar-refractivity contribution >= 4 is 11.6 Å². The van der Waals surface area contributed by atoms with Crippen LogP contribution < -0.4 is 11.1 Å². The van der Waals surface area contributed by atoms with E-state index in [2.05, 4.69) is 31.0 Å². The van der Waals surface area contributed by atoms with Gasteiger partial charge in [-0.2, -0.15) is 0 Å². The van der Waals surface area contributed by atoms with Gasteiger partial charge in [-0.3, -0.25) is 9.69 Å². The Morgan fingerprint density at radius 3 is 2.33 bits per heavy atom. The highest BCUT2D eigenvalue weighted by atomic mass is 16.2. The number of rotatable bonds is 8. The number of anilines is 1. The molecule has 0 saturated carbocycles. The van der Waals surface area contributed by atoms with E-state index in [0.29, 0.717) is 12.5 Å². The van der Waals surface area contributed by atoms with Crippen LogP contribution in [0, 0.1) is 5.92 Å². The lowest BCUT2D eigenvalue weighted by Gasteiger charge is -2.29. The number of nitrogens with two attached hydrogens (primary N) is 1. The van der Waals surface area contributed by atoms with Crippen LogP contribution in [0.5, 0.6) is 0 Å². The van der Waals surface area contributed by atoms with Gasteiger partial charge in [0.05, 0.1) is 6.04 Å². The van der Waals surface area contributed by atoms with Crippen LogP contribution in [0.25, 0.3) is 0 Å². The third kappa shape index (κ3) is 5.48. The number of likely N-dealkylation sites (N-methyl/N-ethyl adjacent to an activating group) is 1. The van der Waals surface area contributed by atoms with Crippen molar-refractivity contribution in [2.45, 2.75) is 46.7 Å². The third-order valence-electron chi connectivity index (χ3n) is 4.03. The lowest BCUT2D eigenvalue weighted by atomic mass is 10.1. The zero-order valence-electron chi connectivity index (χ0n) is 13.7. The van der Waals surface area contributed by atoms with Crippen molar-refractivity contribution in [3.63, 3.8) is 0 Å². The van der Waals surface area contributed by atoms with Crippen molar-refractivity contribution in [3.8, 4) is 0 Å². The summed E-state index contributed by atoms with van der Waals surface area (Å²) in [4.78, 5) is 14.6. The molecule has 0 fully saturated rings. The molecule has 3 N–H and O–H groups in total. The van der Waals surface area contributed by atoms with Gasteiger partial charge in [-0.15, -0.1) is 0 Å². The molecule has 21 heavy (non-hydrogen) atoms. The van der Waals surface area contributed by atoms with Crippen molar-refractivity contribution in [1.29, 1.82) is 0 Å². The Bertz CT molecular complexity index is 430. The molecule has 2 unspecified atom stereocenters. The van der Waals surface area contributed by atoms with E-state index >= 15 is 0 Å². The Kier molecular flexibility index (Phi) is 7.40. The van der Waals surface area contributed by atoms with E-state index in [1.165, 1.54) is 0 Å². The first-order valence-corrected chi connectivity index (χ1v) is 7.85. The maximum atomic E-state index is 12.4. The first-order valence-electron chi connectivity index (χ1n) is 7.85. The van der Waals surface area contributed by atoms with Gasteiger partial charge in [-0.05, 0) is 37.1 Å². The highest BCUT2D eigenvalue weighted by molar-refractivity contribution is 5.94. The first kappa shape index (κ1) is 17.7. The van der Waals surface area contributed by atoms with E-state index in [0.717, 1.165) is 30.8 Å². The number of nitrogens with zero attached hydrogens (tertiary/aromatic N) is 1. The number of benzene rings is 1. The van der Waals surface area contributed by atoms with Crippen LogP contribution in [0.15, 0.2) is 24.3 Å². The number of amides is 1. The van der Waals surface area contributed by atoms with Gasteiger partial charge in [0.25, 0.3) is 0 Å². The maximum Gasteiger partial charge on any atom is 0.241 e. The molecule has 0 radical (unpaired) electrons. The smallest absolute Gasteiger partial charge is 0.241 e. The second kappa shape index (κ2) is 8.80. The summed E-state index contributed by atoms with van der Waals surface area (Å²) < 4.78 is 0. The topological polar surface area (TPSA) is 58.4 Å². The van der Waals surface area contributed by atoms with Gasteiger partial charge in [-0.1, -0.05) is 39.3 Å². The molecule has 118 valence electrons. The lowest BCUT2D eigenvalue weighted by Crippen LogP contribution is -2.43. The van der Waals surface area contributed by atoms with Crippen molar-refractivity contribution in [2.75, 3.05) is 18.4 Å². The van der Waals surface area contributed by atoms with Crippen molar-refractivity contribution in [2.24, 2.45) is 11.7 Å². The molecule has 2 atom stereocenters. The summed E-state index contributed by atoms with van der Waals surface area (Å²) in [5.41, 5.74) is 7.46. The van der Waals surface area contributed by atoms with Crippen LogP contribution >= 0.6 is 0 Å². The molecule has 1 rings (SSSR count). The van der Waals surface area contributed by atoms with Gasteiger partial charge in [0.1, 0.15) is 0 Å². The van der Waals surface area contributed by atoms with Crippen LogP contribution in [0.3, 0.4) is 0 Å². The molecule has 0 saturated heterocycles. The molecule has 4 nitrogen and oxygen atoms in total. The minimum absolute atomic E-state index is 0.0423. The predicted octanol–water partition coefficient (Wildman–Crippen LogP) is 2.84. The largest absolute Gasteiger partial charge is 0.326 e. The minimum atomic E-state index is -0.127. The molecule has 4 heteroatoms. The number of hydrogen-bond acceptors (Lipinski definition) is 3. The van der Waals surface area contributed by atoms with Crippen LogP contribution in [-0.2, 0) is 11.3 Å². The molecule has 0 aliphatic carbocycles. The zero-order chi connectivity index (χ0) is 15.8. The number of hydrogen-bond donors (Lipinski definition) is 2. The Labute approximate surface area is 128 Å². The van der Waals surface area contributed by atoms with E-state index in [9.17, 15) is 4.79 Å². The van der Waals surface area contributed by atoms with Gasteiger partial charge in [-0.25, -0.2) is 0 Å². The van der Waals surface area contributed by atoms with Crippen LogP contribution in [0.1, 0.15) is 39.7 Å². The fourth-order valence-corrected chi connectivity index (χ4v) is 2.23. The Balaban J connectivity index is 2.63. The molecule has 1 aromatic carbocycles. The summed E-state index contributed by atoms with van der Waals surface area (Å²) in [5, 5.41) is 2.98. The van der Waals surface area contributed by atoms with Crippen molar-refractivity contribution < 1.29 is 4.79 Å². The van der Waals surface area contributed by atoms with Crippen LogP contribution in [-0.4, -0.2) is 29.9 Å². The average Bonchev–Trinajstić information content (AvgIpc) is 2.52. The molecular weight excluding hydrogens is 262 g/mol. The van der Waals surface area contributed by atoms with Gasteiger partial charge in [0, 0.05) is 18.8 Å². The van der Waals surface area contributed by atoms with Crippen LogP contribution in [0.2, 0.25) is 0 Å². The Hall–Kier alpha value is -1.39. The summed E-state index contributed by atoms with van der Waals surface area (Å²) in [6.07, 6.45) is 1.13. The Morgan fingerprint density at radius 2 is 1.86 bits per heavy atom. The van der Waals surface area contributed by atoms with Gasteiger partial charge in [0.15, 0.2) is 0 Å². The zero-order valence-corrected chi connectivity index (χ0v) is 13.7.